The number of piperidine rings is 1. The molecule has 4 rings (SSSR count). The Morgan fingerprint density at radius 3 is 2.21 bits per heavy atom. The first-order chi connectivity index (χ1) is 19.8. The number of benzene rings is 2. The molecule has 0 aromatic heterocycles. The van der Waals surface area contributed by atoms with Gasteiger partial charge in [-0.05, 0) is 75.2 Å². The second-order valence-corrected chi connectivity index (χ2v) is 10.6. The van der Waals surface area contributed by atoms with Crippen LogP contribution in [0.2, 0.25) is 0 Å². The molecule has 1 amide bonds. The zero-order valence-electron chi connectivity index (χ0n) is 22.9. The van der Waals surface area contributed by atoms with Crippen LogP contribution in [-0.2, 0) is 17.1 Å². The van der Waals surface area contributed by atoms with Crippen LogP contribution in [0.5, 0.6) is 0 Å². The van der Waals surface area contributed by atoms with E-state index in [4.69, 9.17) is 0 Å². The van der Waals surface area contributed by atoms with Gasteiger partial charge in [0.15, 0.2) is 0 Å². The maximum absolute atomic E-state index is 13.3. The van der Waals surface area contributed by atoms with Gasteiger partial charge >= 0.3 is 12.4 Å². The lowest BCUT2D eigenvalue weighted by molar-refractivity contribution is -0.388. The summed E-state index contributed by atoms with van der Waals surface area (Å²) < 4.78 is 78.3. The first-order valence-corrected chi connectivity index (χ1v) is 13.9. The molecule has 0 bridgehead atoms. The molecule has 230 valence electrons. The molecule has 8 nitrogen and oxygen atoms in total. The number of carbonyl (C=O) groups is 1. The summed E-state index contributed by atoms with van der Waals surface area (Å²) in [6.45, 7) is 4.64. The third-order valence-electron chi connectivity index (χ3n) is 7.73. The topological polar surface area (TPSA) is 82.0 Å². The summed E-state index contributed by atoms with van der Waals surface area (Å²) in [6, 6.07) is 7.89. The molecule has 2 aliphatic heterocycles. The number of anilines is 2. The number of rotatable bonds is 8. The number of nitro groups is 1. The summed E-state index contributed by atoms with van der Waals surface area (Å²) in [7, 11) is 0. The molecular formula is C28H33F6N5O3. The van der Waals surface area contributed by atoms with Crippen LogP contribution >= 0.6 is 0 Å². The molecule has 0 unspecified atom stereocenters. The maximum atomic E-state index is 13.3. The highest BCUT2D eigenvalue weighted by Crippen LogP contribution is 2.38. The number of hydrogen-bond acceptors (Lipinski definition) is 6. The van der Waals surface area contributed by atoms with Crippen molar-refractivity contribution in [3.8, 4) is 0 Å². The van der Waals surface area contributed by atoms with Gasteiger partial charge in [0.05, 0.1) is 10.5 Å². The summed E-state index contributed by atoms with van der Waals surface area (Å²) in [5, 5.41) is 14.0. The van der Waals surface area contributed by atoms with Crippen molar-refractivity contribution in [2.75, 3.05) is 56.0 Å². The highest BCUT2D eigenvalue weighted by molar-refractivity contribution is 5.76. The van der Waals surface area contributed by atoms with Gasteiger partial charge in [-0.3, -0.25) is 14.9 Å². The Labute approximate surface area is 239 Å². The second kappa shape index (κ2) is 13.2. The van der Waals surface area contributed by atoms with Gasteiger partial charge in [-0.15, -0.1) is 0 Å². The van der Waals surface area contributed by atoms with Gasteiger partial charge in [0.1, 0.15) is 5.56 Å². The Balaban J connectivity index is 1.18. The fourth-order valence-electron chi connectivity index (χ4n) is 5.45. The molecule has 2 aromatic rings. The van der Waals surface area contributed by atoms with E-state index in [-0.39, 0.29) is 17.6 Å². The standard InChI is InChI=1S/C28H33F6N5O3/c29-27(30,31)20-4-7-23(8-5-20)37-14-2-13-36(17-18-37)12-1-3-26(40)38-15-10-21(11-16-38)35-22-6-9-25(39(41)42)24(19-22)28(32,33)34/h4-9,19,21,35H,1-3,10-18H2. The highest BCUT2D eigenvalue weighted by Gasteiger charge is 2.38. The lowest BCUT2D eigenvalue weighted by Crippen LogP contribution is -2.42. The molecule has 0 spiro atoms. The molecule has 14 heteroatoms. The maximum Gasteiger partial charge on any atom is 0.423 e. The molecule has 1 N–H and O–H groups in total. The van der Waals surface area contributed by atoms with Crippen molar-refractivity contribution in [2.24, 2.45) is 0 Å². The Morgan fingerprint density at radius 2 is 1.60 bits per heavy atom. The number of likely N-dealkylation sites (tertiary alicyclic amines) is 1. The number of nitrogens with zero attached hydrogens (tertiary/aromatic N) is 4. The van der Waals surface area contributed by atoms with Crippen LogP contribution in [-0.4, -0.2) is 72.5 Å². The summed E-state index contributed by atoms with van der Waals surface area (Å²) in [5.41, 5.74) is -2.07. The van der Waals surface area contributed by atoms with E-state index in [9.17, 15) is 41.3 Å². The van der Waals surface area contributed by atoms with Crippen LogP contribution in [0, 0.1) is 10.1 Å². The van der Waals surface area contributed by atoms with Gasteiger partial charge in [-0.25, -0.2) is 0 Å². The van der Waals surface area contributed by atoms with E-state index in [1.54, 1.807) is 4.90 Å². The minimum atomic E-state index is -4.85. The average molecular weight is 602 g/mol. The van der Waals surface area contributed by atoms with Crippen LogP contribution in [0.4, 0.5) is 43.4 Å². The molecule has 2 aromatic carbocycles. The number of nitrogens with one attached hydrogen (secondary N) is 1. The minimum absolute atomic E-state index is 0.0179. The number of nitro benzene ring substituents is 1. The number of halogens is 6. The van der Waals surface area contributed by atoms with Gasteiger partial charge in [-0.1, -0.05) is 0 Å². The predicted molar refractivity (Wildman–Crippen MR) is 145 cm³/mol. The molecule has 2 fully saturated rings. The molecular weight excluding hydrogens is 568 g/mol. The molecule has 42 heavy (non-hydrogen) atoms. The normalized spacial score (nSPS) is 17.7. The Hall–Kier alpha value is -3.55. The smallest absolute Gasteiger partial charge is 0.382 e. The minimum Gasteiger partial charge on any atom is -0.382 e. The first kappa shape index (κ1) is 31.4. The molecule has 0 aliphatic carbocycles. The van der Waals surface area contributed by atoms with Crippen LogP contribution in [0.25, 0.3) is 0 Å². The molecule has 2 saturated heterocycles. The molecule has 0 saturated carbocycles. The second-order valence-electron chi connectivity index (χ2n) is 10.6. The van der Waals surface area contributed by atoms with E-state index in [0.717, 1.165) is 62.6 Å². The number of alkyl halides is 6. The summed E-state index contributed by atoms with van der Waals surface area (Å²) >= 11 is 0. The Morgan fingerprint density at radius 1 is 0.905 bits per heavy atom. The lowest BCUT2D eigenvalue weighted by Gasteiger charge is -2.33. The van der Waals surface area contributed by atoms with Crippen molar-refractivity contribution in [3.63, 3.8) is 0 Å². The monoisotopic (exact) mass is 601 g/mol. The van der Waals surface area contributed by atoms with Gasteiger partial charge in [-0.2, -0.15) is 26.3 Å². The lowest BCUT2D eigenvalue weighted by atomic mass is 10.0. The molecule has 0 radical (unpaired) electrons. The first-order valence-electron chi connectivity index (χ1n) is 13.9. The molecule has 2 heterocycles. The van der Waals surface area contributed by atoms with Gasteiger partial charge in [0.2, 0.25) is 5.91 Å². The SMILES string of the molecule is O=C(CCCN1CCCN(c2ccc(C(F)(F)F)cc2)CC1)N1CCC(Nc2ccc([N+](=O)[O-])c(C(F)(F)F)c2)CC1. The summed E-state index contributed by atoms with van der Waals surface area (Å²) in [6.07, 6.45) is -6.25. The van der Waals surface area contributed by atoms with Gasteiger partial charge in [0.25, 0.3) is 5.69 Å². The van der Waals surface area contributed by atoms with Crippen LogP contribution < -0.4 is 10.2 Å². The van der Waals surface area contributed by atoms with Crippen molar-refractivity contribution in [1.82, 2.24) is 9.80 Å². The fourth-order valence-corrected chi connectivity index (χ4v) is 5.45. The van der Waals surface area contributed by atoms with E-state index in [0.29, 0.717) is 45.3 Å². The summed E-state index contributed by atoms with van der Waals surface area (Å²) in [4.78, 5) is 28.8. The fraction of sp³-hybridized carbons (Fsp3) is 0.536. The largest absolute Gasteiger partial charge is 0.423 e. The van der Waals surface area contributed by atoms with Crippen molar-refractivity contribution in [1.29, 1.82) is 0 Å². The van der Waals surface area contributed by atoms with Crippen LogP contribution in [0.15, 0.2) is 42.5 Å². The van der Waals surface area contributed by atoms with Crippen molar-refractivity contribution in [2.45, 2.75) is 50.5 Å². The van der Waals surface area contributed by atoms with Crippen molar-refractivity contribution in [3.05, 3.63) is 63.7 Å². The quantitative estimate of drug-likeness (QED) is 0.226. The van der Waals surface area contributed by atoms with Gasteiger partial charge in [0, 0.05) is 62.6 Å². The van der Waals surface area contributed by atoms with E-state index in [1.165, 1.54) is 18.2 Å². The Kier molecular flexibility index (Phi) is 9.85. The third kappa shape index (κ3) is 8.26. The Bertz CT molecular complexity index is 1230. The average Bonchev–Trinajstić information content (AvgIpc) is 3.18. The molecule has 2 aliphatic rings. The van der Waals surface area contributed by atoms with Crippen LogP contribution in [0.1, 0.15) is 43.2 Å². The van der Waals surface area contributed by atoms with Crippen LogP contribution in [0.3, 0.4) is 0 Å². The number of carbonyl (C=O) groups excluding carboxylic acids is 1. The predicted octanol–water partition coefficient (Wildman–Crippen LogP) is 6.03. The summed E-state index contributed by atoms with van der Waals surface area (Å²) in [5.74, 6) is 0.0179. The van der Waals surface area contributed by atoms with E-state index >= 15 is 0 Å². The zero-order chi connectivity index (χ0) is 30.5. The zero-order valence-corrected chi connectivity index (χ0v) is 22.9. The third-order valence-corrected chi connectivity index (χ3v) is 7.73. The van der Waals surface area contributed by atoms with Gasteiger partial charge < -0.3 is 20.0 Å². The van der Waals surface area contributed by atoms with E-state index in [2.05, 4.69) is 15.1 Å². The molecule has 0 atom stereocenters. The van der Waals surface area contributed by atoms with E-state index < -0.39 is 34.1 Å². The highest BCUT2D eigenvalue weighted by atomic mass is 19.4. The van der Waals surface area contributed by atoms with Crippen molar-refractivity contribution < 1.29 is 36.1 Å². The number of amides is 1. The van der Waals surface area contributed by atoms with Crippen molar-refractivity contribution >= 4 is 23.0 Å². The van der Waals surface area contributed by atoms with E-state index in [1.807, 2.05) is 0 Å². The number of hydrogen-bond donors (Lipinski definition) is 1.